The molecule has 2 saturated heterocycles. The minimum absolute atomic E-state index is 0.615. The van der Waals surface area contributed by atoms with Gasteiger partial charge in [-0.3, -0.25) is 4.90 Å². The Labute approximate surface area is 190 Å². The molecule has 0 saturated carbocycles. The maximum atomic E-state index is 5.55. The molecule has 2 aromatic heterocycles. The topological polar surface area (TPSA) is 61.5 Å². The number of piperidine rings is 1. The molecule has 0 unspecified atom stereocenters. The van der Waals surface area contributed by atoms with Crippen LogP contribution in [0.25, 0.3) is 11.4 Å². The highest BCUT2D eigenvalue weighted by atomic mass is 16.5. The molecular weight excluding hydrogens is 400 g/mol. The Balaban J connectivity index is 1.16. The SMILES string of the molecule is Cc1ccc(N2CCN(Cc3nc(-c4ccc(N5CCC[C@@H](C)C5)nc4)no3)CC2)cc1. The fraction of sp³-hybridized carbons (Fsp3) is 0.480. The molecule has 2 aliphatic heterocycles. The zero-order valence-corrected chi connectivity index (χ0v) is 19.1. The molecule has 2 fully saturated rings. The highest BCUT2D eigenvalue weighted by molar-refractivity contribution is 5.56. The van der Waals surface area contributed by atoms with Crippen molar-refractivity contribution in [1.29, 1.82) is 0 Å². The maximum absolute atomic E-state index is 5.55. The summed E-state index contributed by atoms with van der Waals surface area (Å²) >= 11 is 0. The number of aromatic nitrogens is 3. The van der Waals surface area contributed by atoms with E-state index in [0.717, 1.165) is 56.6 Å². The first kappa shape index (κ1) is 20.9. The first-order valence-electron chi connectivity index (χ1n) is 11.7. The molecule has 3 aromatic rings. The fourth-order valence-corrected chi connectivity index (χ4v) is 4.65. The number of rotatable bonds is 5. The summed E-state index contributed by atoms with van der Waals surface area (Å²) in [5, 5.41) is 4.20. The molecule has 7 heteroatoms. The molecule has 0 aliphatic carbocycles. The van der Waals surface area contributed by atoms with E-state index in [4.69, 9.17) is 4.52 Å². The van der Waals surface area contributed by atoms with Crippen LogP contribution in [0, 0.1) is 12.8 Å². The molecule has 0 spiro atoms. The van der Waals surface area contributed by atoms with Gasteiger partial charge in [-0.05, 0) is 49.9 Å². The average Bonchev–Trinajstić information content (AvgIpc) is 3.29. The Bertz CT molecular complexity index is 1010. The number of anilines is 2. The van der Waals surface area contributed by atoms with Gasteiger partial charge in [0.25, 0.3) is 0 Å². The van der Waals surface area contributed by atoms with Crippen LogP contribution < -0.4 is 9.80 Å². The molecule has 0 N–H and O–H groups in total. The van der Waals surface area contributed by atoms with E-state index in [9.17, 15) is 0 Å². The van der Waals surface area contributed by atoms with Gasteiger partial charge in [-0.25, -0.2) is 4.98 Å². The largest absolute Gasteiger partial charge is 0.369 e. The minimum Gasteiger partial charge on any atom is -0.369 e. The van der Waals surface area contributed by atoms with Crippen LogP contribution in [0.15, 0.2) is 47.1 Å². The van der Waals surface area contributed by atoms with Crippen LogP contribution in [-0.4, -0.2) is 59.3 Å². The summed E-state index contributed by atoms with van der Waals surface area (Å²) in [6.45, 7) is 11.3. The molecule has 32 heavy (non-hydrogen) atoms. The lowest BCUT2D eigenvalue weighted by atomic mass is 10.0. The summed E-state index contributed by atoms with van der Waals surface area (Å²) in [7, 11) is 0. The van der Waals surface area contributed by atoms with E-state index < -0.39 is 0 Å². The summed E-state index contributed by atoms with van der Waals surface area (Å²) in [6, 6.07) is 12.9. The van der Waals surface area contributed by atoms with Crippen LogP contribution in [0.3, 0.4) is 0 Å². The molecule has 4 heterocycles. The standard InChI is InChI=1S/C25H32N6O/c1-19-5-8-22(9-6-19)30-14-12-29(13-15-30)18-24-27-25(28-32-24)21-7-10-23(26-16-21)31-11-3-4-20(2)17-31/h5-10,16,20H,3-4,11-15,17-18H2,1-2H3/t20-/m1/s1. The second kappa shape index (κ2) is 9.28. The van der Waals surface area contributed by atoms with Gasteiger partial charge in [0.2, 0.25) is 11.7 Å². The van der Waals surface area contributed by atoms with E-state index in [0.29, 0.717) is 18.3 Å². The van der Waals surface area contributed by atoms with Crippen molar-refractivity contribution in [2.75, 3.05) is 49.1 Å². The second-order valence-electron chi connectivity index (χ2n) is 9.21. The lowest BCUT2D eigenvalue weighted by Crippen LogP contribution is -2.46. The first-order chi connectivity index (χ1) is 15.6. The maximum Gasteiger partial charge on any atom is 0.241 e. The summed E-state index contributed by atoms with van der Waals surface area (Å²) in [5.41, 5.74) is 3.49. The van der Waals surface area contributed by atoms with Gasteiger partial charge in [-0.1, -0.05) is 29.8 Å². The Hall–Kier alpha value is -2.93. The van der Waals surface area contributed by atoms with Crippen LogP contribution in [0.1, 0.15) is 31.2 Å². The second-order valence-corrected chi connectivity index (χ2v) is 9.21. The molecule has 7 nitrogen and oxygen atoms in total. The summed E-state index contributed by atoms with van der Waals surface area (Å²) in [5.74, 6) is 3.04. The highest BCUT2D eigenvalue weighted by Crippen LogP contribution is 2.24. The zero-order valence-electron chi connectivity index (χ0n) is 19.1. The number of aryl methyl sites for hydroxylation is 1. The van der Waals surface area contributed by atoms with Crippen LogP contribution in [0.5, 0.6) is 0 Å². The predicted molar refractivity (Wildman–Crippen MR) is 127 cm³/mol. The lowest BCUT2D eigenvalue weighted by molar-refractivity contribution is 0.215. The summed E-state index contributed by atoms with van der Waals surface area (Å²) < 4.78 is 5.55. The molecule has 168 valence electrons. The Morgan fingerprint density at radius 1 is 0.969 bits per heavy atom. The van der Waals surface area contributed by atoms with E-state index in [1.807, 2.05) is 6.20 Å². The van der Waals surface area contributed by atoms with Gasteiger partial charge in [-0.15, -0.1) is 0 Å². The van der Waals surface area contributed by atoms with Gasteiger partial charge in [0, 0.05) is 56.7 Å². The number of pyridine rings is 1. The highest BCUT2D eigenvalue weighted by Gasteiger charge is 2.21. The third-order valence-corrected chi connectivity index (χ3v) is 6.59. The molecule has 5 rings (SSSR count). The van der Waals surface area contributed by atoms with Gasteiger partial charge >= 0.3 is 0 Å². The van der Waals surface area contributed by atoms with Crippen molar-refractivity contribution >= 4 is 11.5 Å². The van der Waals surface area contributed by atoms with Crippen molar-refractivity contribution in [3.8, 4) is 11.4 Å². The van der Waals surface area contributed by atoms with Crippen LogP contribution in [-0.2, 0) is 6.54 Å². The van der Waals surface area contributed by atoms with E-state index in [1.54, 1.807) is 0 Å². The van der Waals surface area contributed by atoms with E-state index in [1.165, 1.54) is 24.1 Å². The van der Waals surface area contributed by atoms with Crippen molar-refractivity contribution in [1.82, 2.24) is 20.0 Å². The predicted octanol–water partition coefficient (Wildman–Crippen LogP) is 4.00. The molecular formula is C25H32N6O. The number of piperazine rings is 1. The Morgan fingerprint density at radius 3 is 2.50 bits per heavy atom. The summed E-state index contributed by atoms with van der Waals surface area (Å²) in [4.78, 5) is 16.5. The van der Waals surface area contributed by atoms with Crippen molar-refractivity contribution < 1.29 is 4.52 Å². The minimum atomic E-state index is 0.615. The smallest absolute Gasteiger partial charge is 0.241 e. The van der Waals surface area contributed by atoms with E-state index in [2.05, 4.69) is 80.1 Å². The normalized spacial score (nSPS) is 20.0. The van der Waals surface area contributed by atoms with Crippen molar-refractivity contribution in [2.24, 2.45) is 5.92 Å². The molecule has 1 aromatic carbocycles. The van der Waals surface area contributed by atoms with Gasteiger partial charge in [0.1, 0.15) is 5.82 Å². The van der Waals surface area contributed by atoms with E-state index in [-0.39, 0.29) is 0 Å². The van der Waals surface area contributed by atoms with Crippen molar-refractivity contribution in [2.45, 2.75) is 33.2 Å². The zero-order chi connectivity index (χ0) is 21.9. The lowest BCUT2D eigenvalue weighted by Gasteiger charge is -2.35. The molecule has 0 amide bonds. The third kappa shape index (κ3) is 4.78. The van der Waals surface area contributed by atoms with Gasteiger partial charge in [0.15, 0.2) is 0 Å². The van der Waals surface area contributed by atoms with Crippen LogP contribution >= 0.6 is 0 Å². The summed E-state index contributed by atoms with van der Waals surface area (Å²) in [6.07, 6.45) is 4.41. The third-order valence-electron chi connectivity index (χ3n) is 6.59. The monoisotopic (exact) mass is 432 g/mol. The number of hydrogen-bond donors (Lipinski definition) is 0. The Kier molecular flexibility index (Phi) is 6.08. The molecule has 0 bridgehead atoms. The number of benzene rings is 1. The van der Waals surface area contributed by atoms with Crippen molar-refractivity contribution in [3.63, 3.8) is 0 Å². The Morgan fingerprint density at radius 2 is 1.78 bits per heavy atom. The van der Waals surface area contributed by atoms with E-state index >= 15 is 0 Å². The number of nitrogens with zero attached hydrogens (tertiary/aromatic N) is 6. The molecule has 2 aliphatic rings. The van der Waals surface area contributed by atoms with Crippen LogP contribution in [0.2, 0.25) is 0 Å². The fourth-order valence-electron chi connectivity index (χ4n) is 4.65. The average molecular weight is 433 g/mol. The first-order valence-corrected chi connectivity index (χ1v) is 11.7. The van der Waals surface area contributed by atoms with Crippen molar-refractivity contribution in [3.05, 3.63) is 54.0 Å². The number of hydrogen-bond acceptors (Lipinski definition) is 7. The van der Waals surface area contributed by atoms with Crippen LogP contribution in [0.4, 0.5) is 11.5 Å². The van der Waals surface area contributed by atoms with Gasteiger partial charge in [0.05, 0.1) is 6.54 Å². The molecule has 0 radical (unpaired) electrons. The quantitative estimate of drug-likeness (QED) is 0.604. The van der Waals surface area contributed by atoms with Gasteiger partial charge < -0.3 is 14.3 Å². The molecule has 1 atom stereocenters. The van der Waals surface area contributed by atoms with Gasteiger partial charge in [-0.2, -0.15) is 4.98 Å².